The van der Waals surface area contributed by atoms with Gasteiger partial charge in [0.2, 0.25) is 10.0 Å². The largest absolute Gasteiger partial charge is 0.392 e. The van der Waals surface area contributed by atoms with Crippen LogP contribution >= 0.6 is 0 Å². The van der Waals surface area contributed by atoms with Gasteiger partial charge >= 0.3 is 0 Å². The van der Waals surface area contributed by atoms with Crippen LogP contribution < -0.4 is 0 Å². The van der Waals surface area contributed by atoms with Gasteiger partial charge in [-0.15, -0.1) is 0 Å². The van der Waals surface area contributed by atoms with E-state index in [-0.39, 0.29) is 17.5 Å². The Kier molecular flexibility index (Phi) is 6.13. The number of rotatable bonds is 7. The van der Waals surface area contributed by atoms with Crippen molar-refractivity contribution in [3.63, 3.8) is 0 Å². The molecule has 0 heterocycles. The van der Waals surface area contributed by atoms with E-state index in [0.717, 1.165) is 0 Å². The zero-order valence-corrected chi connectivity index (χ0v) is 13.4. The van der Waals surface area contributed by atoms with Gasteiger partial charge in [-0.25, -0.2) is 8.42 Å². The van der Waals surface area contributed by atoms with Gasteiger partial charge in [0, 0.05) is 19.1 Å². The summed E-state index contributed by atoms with van der Waals surface area (Å²) >= 11 is 0. The molecule has 1 aromatic carbocycles. The number of hydrogen-bond acceptors (Lipinski definition) is 4. The predicted molar refractivity (Wildman–Crippen MR) is 79.9 cm³/mol. The predicted octanol–water partition coefficient (Wildman–Crippen LogP) is 1.14. The average molecular weight is 300 g/mol. The highest BCUT2D eigenvalue weighted by molar-refractivity contribution is 7.89. The lowest BCUT2D eigenvalue weighted by Crippen LogP contribution is -2.43. The van der Waals surface area contributed by atoms with E-state index in [4.69, 9.17) is 5.11 Å². The first-order chi connectivity index (χ1) is 9.32. The molecule has 0 saturated heterocycles. The fourth-order valence-corrected chi connectivity index (χ4v) is 3.98. The Morgan fingerprint density at radius 3 is 2.45 bits per heavy atom. The minimum atomic E-state index is -3.53. The first kappa shape index (κ1) is 17.1. The van der Waals surface area contributed by atoms with Crippen LogP contribution in [-0.2, 0) is 16.6 Å². The molecule has 0 radical (unpaired) electrons. The molecule has 0 aromatic heterocycles. The lowest BCUT2D eigenvalue weighted by atomic mass is 10.2. The van der Waals surface area contributed by atoms with E-state index in [2.05, 4.69) is 0 Å². The number of aliphatic hydroxyl groups is 1. The molecule has 0 fully saturated rings. The molecule has 114 valence electrons. The van der Waals surface area contributed by atoms with Crippen LogP contribution in [0.3, 0.4) is 0 Å². The lowest BCUT2D eigenvalue weighted by Gasteiger charge is -2.29. The molecule has 20 heavy (non-hydrogen) atoms. The molecule has 1 rings (SSSR count). The van der Waals surface area contributed by atoms with Gasteiger partial charge in [0.15, 0.2) is 0 Å². The van der Waals surface area contributed by atoms with Crippen LogP contribution in [-0.4, -0.2) is 56.0 Å². The molecule has 1 N–H and O–H groups in total. The second kappa shape index (κ2) is 7.17. The second-order valence-electron chi connectivity index (χ2n) is 5.13. The van der Waals surface area contributed by atoms with Crippen molar-refractivity contribution in [2.75, 3.05) is 27.2 Å². The molecule has 0 bridgehead atoms. The first-order valence-electron chi connectivity index (χ1n) is 6.69. The Hall–Kier alpha value is -0.950. The third-order valence-electron chi connectivity index (χ3n) is 3.12. The van der Waals surface area contributed by atoms with E-state index in [9.17, 15) is 8.42 Å². The third-order valence-corrected chi connectivity index (χ3v) is 5.21. The van der Waals surface area contributed by atoms with Gasteiger partial charge in [-0.1, -0.05) is 19.1 Å². The molecule has 0 aliphatic carbocycles. The third kappa shape index (κ3) is 4.02. The molecular weight excluding hydrogens is 276 g/mol. The first-order valence-corrected chi connectivity index (χ1v) is 8.13. The van der Waals surface area contributed by atoms with E-state index in [1.165, 1.54) is 10.4 Å². The van der Waals surface area contributed by atoms with E-state index in [0.29, 0.717) is 18.7 Å². The summed E-state index contributed by atoms with van der Waals surface area (Å²) in [6, 6.07) is 6.35. The van der Waals surface area contributed by atoms with Crippen LogP contribution in [0, 0.1) is 0 Å². The van der Waals surface area contributed by atoms with E-state index >= 15 is 0 Å². The van der Waals surface area contributed by atoms with Gasteiger partial charge in [0.05, 0.1) is 11.5 Å². The van der Waals surface area contributed by atoms with Gasteiger partial charge in [0.25, 0.3) is 0 Å². The summed E-state index contributed by atoms with van der Waals surface area (Å²) in [7, 11) is 0.307. The molecule has 1 atom stereocenters. The molecule has 0 saturated carbocycles. The van der Waals surface area contributed by atoms with Crippen molar-refractivity contribution in [1.82, 2.24) is 9.21 Å². The van der Waals surface area contributed by atoms with Gasteiger partial charge in [0.1, 0.15) is 0 Å². The quantitative estimate of drug-likeness (QED) is 0.820. The summed E-state index contributed by atoms with van der Waals surface area (Å²) in [5.74, 6) is 0. The van der Waals surface area contributed by atoms with Gasteiger partial charge < -0.3 is 10.0 Å². The molecule has 1 unspecified atom stereocenters. The van der Waals surface area contributed by atoms with Crippen molar-refractivity contribution < 1.29 is 13.5 Å². The standard InChI is InChI=1S/C14H24N2O3S/c1-5-16(12(2)10-15(3)4)20(18,19)14-8-6-7-13(9-14)11-17/h6-9,12,17H,5,10-11H2,1-4H3. The Labute approximate surface area is 121 Å². The van der Waals surface area contributed by atoms with Gasteiger partial charge in [-0.05, 0) is 38.7 Å². The number of aliphatic hydroxyl groups excluding tert-OH is 1. The fraction of sp³-hybridized carbons (Fsp3) is 0.571. The number of sulfonamides is 1. The summed E-state index contributed by atoms with van der Waals surface area (Å²) in [6.07, 6.45) is 0. The van der Waals surface area contributed by atoms with E-state index in [1.54, 1.807) is 18.2 Å². The topological polar surface area (TPSA) is 60.9 Å². The molecule has 0 spiro atoms. The van der Waals surface area contributed by atoms with Crippen LogP contribution in [0.5, 0.6) is 0 Å². The Balaban J connectivity index is 3.11. The molecule has 6 heteroatoms. The van der Waals surface area contributed by atoms with E-state index in [1.807, 2.05) is 32.8 Å². The zero-order valence-electron chi connectivity index (χ0n) is 12.6. The van der Waals surface area contributed by atoms with Crippen molar-refractivity contribution in [1.29, 1.82) is 0 Å². The van der Waals surface area contributed by atoms with Crippen molar-refractivity contribution in [3.8, 4) is 0 Å². The maximum atomic E-state index is 12.7. The number of benzene rings is 1. The molecule has 1 aromatic rings. The Bertz CT molecular complexity index is 529. The zero-order chi connectivity index (χ0) is 15.3. The summed E-state index contributed by atoms with van der Waals surface area (Å²) in [4.78, 5) is 2.20. The Morgan fingerprint density at radius 1 is 1.30 bits per heavy atom. The summed E-state index contributed by atoms with van der Waals surface area (Å²) in [5.41, 5.74) is 0.599. The van der Waals surface area contributed by atoms with Crippen LogP contribution in [0.2, 0.25) is 0 Å². The normalized spacial score (nSPS) is 13.9. The fourth-order valence-electron chi connectivity index (χ4n) is 2.28. The average Bonchev–Trinajstić information content (AvgIpc) is 2.38. The number of nitrogens with zero attached hydrogens (tertiary/aromatic N) is 2. The molecule has 5 nitrogen and oxygen atoms in total. The minimum Gasteiger partial charge on any atom is -0.392 e. The van der Waals surface area contributed by atoms with E-state index < -0.39 is 10.0 Å². The maximum absolute atomic E-state index is 12.7. The summed E-state index contributed by atoms with van der Waals surface area (Å²) < 4.78 is 26.9. The van der Waals surface area contributed by atoms with Crippen LogP contribution in [0.1, 0.15) is 19.4 Å². The lowest BCUT2D eigenvalue weighted by molar-refractivity contribution is 0.271. The second-order valence-corrected chi connectivity index (χ2v) is 7.02. The highest BCUT2D eigenvalue weighted by atomic mass is 32.2. The highest BCUT2D eigenvalue weighted by Gasteiger charge is 2.27. The summed E-state index contributed by atoms with van der Waals surface area (Å²) in [5, 5.41) is 9.14. The molecule has 0 aliphatic heterocycles. The molecule has 0 amide bonds. The Morgan fingerprint density at radius 2 is 1.95 bits per heavy atom. The minimum absolute atomic E-state index is 0.113. The van der Waals surface area contributed by atoms with Crippen LogP contribution in [0.4, 0.5) is 0 Å². The van der Waals surface area contributed by atoms with Crippen LogP contribution in [0.15, 0.2) is 29.2 Å². The van der Waals surface area contributed by atoms with Crippen molar-refractivity contribution in [3.05, 3.63) is 29.8 Å². The maximum Gasteiger partial charge on any atom is 0.243 e. The van der Waals surface area contributed by atoms with Crippen molar-refractivity contribution in [2.24, 2.45) is 0 Å². The summed E-state index contributed by atoms with van der Waals surface area (Å²) in [6.45, 7) is 4.65. The monoisotopic (exact) mass is 300 g/mol. The van der Waals surface area contributed by atoms with Gasteiger partial charge in [-0.3, -0.25) is 0 Å². The molecular formula is C14H24N2O3S. The van der Waals surface area contributed by atoms with Crippen LogP contribution in [0.25, 0.3) is 0 Å². The highest BCUT2D eigenvalue weighted by Crippen LogP contribution is 2.19. The smallest absolute Gasteiger partial charge is 0.243 e. The number of likely N-dealkylation sites (N-methyl/N-ethyl adjacent to an activating group) is 2. The SMILES string of the molecule is CCN(C(C)CN(C)C)S(=O)(=O)c1cccc(CO)c1. The van der Waals surface area contributed by atoms with Crippen molar-refractivity contribution in [2.45, 2.75) is 31.4 Å². The number of hydrogen-bond donors (Lipinski definition) is 1. The van der Waals surface area contributed by atoms with Gasteiger partial charge in [-0.2, -0.15) is 4.31 Å². The van der Waals surface area contributed by atoms with Crippen molar-refractivity contribution >= 4 is 10.0 Å². The molecule has 0 aliphatic rings.